The number of nitrogens with zero attached hydrogens (tertiary/aromatic N) is 2. The van der Waals surface area contributed by atoms with E-state index < -0.39 is 0 Å². The predicted molar refractivity (Wildman–Crippen MR) is 77.2 cm³/mol. The quantitative estimate of drug-likeness (QED) is 0.841. The van der Waals surface area contributed by atoms with Gasteiger partial charge in [0.15, 0.2) is 0 Å². The van der Waals surface area contributed by atoms with E-state index in [-0.39, 0.29) is 0 Å². The summed E-state index contributed by atoms with van der Waals surface area (Å²) in [7, 11) is 2.03. The lowest BCUT2D eigenvalue weighted by molar-refractivity contribution is 0.193. The third-order valence-electron chi connectivity index (χ3n) is 3.36. The molecule has 1 aromatic heterocycles. The smallest absolute Gasteiger partial charge is 0.139 e. The standard InChI is InChI=1S/C13H19N3OS/c1-8-6-9(2)15-13(11(8)12(14)18)16(3)10-4-5-17-7-10/h6,10H,4-5,7H2,1-3H3,(H2,14,18). The van der Waals surface area contributed by atoms with Gasteiger partial charge >= 0.3 is 0 Å². The Kier molecular flexibility index (Phi) is 3.82. The molecule has 98 valence electrons. The molecule has 0 radical (unpaired) electrons. The van der Waals surface area contributed by atoms with Crippen LogP contribution in [0.25, 0.3) is 0 Å². The lowest BCUT2D eigenvalue weighted by atomic mass is 10.1. The summed E-state index contributed by atoms with van der Waals surface area (Å²) in [5, 5.41) is 0. The van der Waals surface area contributed by atoms with Gasteiger partial charge in [0, 0.05) is 19.3 Å². The van der Waals surface area contributed by atoms with Crippen molar-refractivity contribution >= 4 is 23.0 Å². The van der Waals surface area contributed by atoms with E-state index in [0.29, 0.717) is 11.0 Å². The number of pyridine rings is 1. The molecule has 1 aromatic rings. The van der Waals surface area contributed by atoms with Gasteiger partial charge in [-0.05, 0) is 31.9 Å². The van der Waals surface area contributed by atoms with Crippen LogP contribution in [0.2, 0.25) is 0 Å². The molecule has 2 rings (SSSR count). The van der Waals surface area contributed by atoms with Crippen molar-refractivity contribution in [2.45, 2.75) is 26.3 Å². The molecule has 4 nitrogen and oxygen atoms in total. The first-order valence-corrected chi connectivity index (χ1v) is 6.50. The Labute approximate surface area is 113 Å². The van der Waals surface area contributed by atoms with E-state index in [1.807, 2.05) is 27.0 Å². The van der Waals surface area contributed by atoms with E-state index in [9.17, 15) is 0 Å². The van der Waals surface area contributed by atoms with Gasteiger partial charge in [-0.3, -0.25) is 0 Å². The Balaban J connectivity index is 2.44. The Hall–Kier alpha value is -1.20. The Bertz CT molecular complexity index is 470. The van der Waals surface area contributed by atoms with Crippen molar-refractivity contribution in [3.8, 4) is 0 Å². The van der Waals surface area contributed by atoms with Gasteiger partial charge in [-0.1, -0.05) is 12.2 Å². The Morgan fingerprint density at radius 3 is 2.83 bits per heavy atom. The number of nitrogens with two attached hydrogens (primary N) is 1. The molecule has 18 heavy (non-hydrogen) atoms. The molecule has 0 aromatic carbocycles. The van der Waals surface area contributed by atoms with Gasteiger partial charge in [0.2, 0.25) is 0 Å². The molecule has 1 unspecified atom stereocenters. The van der Waals surface area contributed by atoms with Gasteiger partial charge in [-0.15, -0.1) is 0 Å². The van der Waals surface area contributed by atoms with Crippen LogP contribution in [0.3, 0.4) is 0 Å². The number of ether oxygens (including phenoxy) is 1. The zero-order valence-corrected chi connectivity index (χ0v) is 11.9. The van der Waals surface area contributed by atoms with Crippen LogP contribution in [0.15, 0.2) is 6.07 Å². The molecule has 0 aliphatic carbocycles. The summed E-state index contributed by atoms with van der Waals surface area (Å²) in [5.74, 6) is 0.871. The topological polar surface area (TPSA) is 51.4 Å². The summed E-state index contributed by atoms with van der Waals surface area (Å²) in [5.41, 5.74) is 8.77. The summed E-state index contributed by atoms with van der Waals surface area (Å²) >= 11 is 5.15. The third kappa shape index (κ3) is 2.47. The number of anilines is 1. The van der Waals surface area contributed by atoms with Crippen molar-refractivity contribution in [2.24, 2.45) is 5.73 Å². The highest BCUT2D eigenvalue weighted by Crippen LogP contribution is 2.25. The van der Waals surface area contributed by atoms with E-state index in [1.165, 1.54) is 0 Å². The molecular weight excluding hydrogens is 246 g/mol. The minimum Gasteiger partial charge on any atom is -0.389 e. The van der Waals surface area contributed by atoms with E-state index in [0.717, 1.165) is 42.3 Å². The van der Waals surface area contributed by atoms with Crippen LogP contribution in [0.1, 0.15) is 23.2 Å². The zero-order valence-electron chi connectivity index (χ0n) is 11.1. The second kappa shape index (κ2) is 5.20. The van der Waals surface area contributed by atoms with Crippen molar-refractivity contribution in [3.05, 3.63) is 22.9 Å². The first-order valence-electron chi connectivity index (χ1n) is 6.09. The maximum absolute atomic E-state index is 5.84. The lowest BCUT2D eigenvalue weighted by Gasteiger charge is -2.27. The van der Waals surface area contributed by atoms with Gasteiger partial charge in [0.1, 0.15) is 10.8 Å². The van der Waals surface area contributed by atoms with E-state index in [1.54, 1.807) is 0 Å². The van der Waals surface area contributed by atoms with Crippen molar-refractivity contribution < 1.29 is 4.74 Å². The molecule has 1 fully saturated rings. The molecular formula is C13H19N3OS. The number of aryl methyl sites for hydroxylation is 2. The summed E-state index contributed by atoms with van der Waals surface area (Å²) < 4.78 is 5.43. The fourth-order valence-electron chi connectivity index (χ4n) is 2.38. The minimum absolute atomic E-state index is 0.354. The third-order valence-corrected chi connectivity index (χ3v) is 3.56. The van der Waals surface area contributed by atoms with Crippen LogP contribution in [-0.2, 0) is 4.74 Å². The summed E-state index contributed by atoms with van der Waals surface area (Å²) in [6, 6.07) is 2.36. The van der Waals surface area contributed by atoms with Crippen molar-refractivity contribution in [1.82, 2.24) is 4.98 Å². The van der Waals surface area contributed by atoms with Crippen LogP contribution in [0.4, 0.5) is 5.82 Å². The largest absolute Gasteiger partial charge is 0.389 e. The molecule has 0 amide bonds. The molecule has 2 N–H and O–H groups in total. The van der Waals surface area contributed by atoms with Crippen molar-refractivity contribution in [1.29, 1.82) is 0 Å². The van der Waals surface area contributed by atoms with Crippen LogP contribution in [-0.4, -0.2) is 36.3 Å². The molecule has 0 spiro atoms. The number of aromatic nitrogens is 1. The van der Waals surface area contributed by atoms with Crippen molar-refractivity contribution in [2.75, 3.05) is 25.2 Å². The van der Waals surface area contributed by atoms with Crippen LogP contribution in [0, 0.1) is 13.8 Å². The zero-order chi connectivity index (χ0) is 13.3. The van der Waals surface area contributed by atoms with Gasteiger partial charge in [-0.2, -0.15) is 0 Å². The van der Waals surface area contributed by atoms with E-state index in [2.05, 4.69) is 9.88 Å². The molecule has 1 saturated heterocycles. The van der Waals surface area contributed by atoms with Crippen LogP contribution >= 0.6 is 12.2 Å². The predicted octanol–water partition coefficient (Wildman–Crippen LogP) is 1.56. The monoisotopic (exact) mass is 265 g/mol. The SMILES string of the molecule is Cc1cc(C)c(C(N)=S)c(N(C)C2CCOC2)n1. The highest BCUT2D eigenvalue weighted by Gasteiger charge is 2.24. The molecule has 1 atom stereocenters. The summed E-state index contributed by atoms with van der Waals surface area (Å²) in [6.07, 6.45) is 1.02. The minimum atomic E-state index is 0.354. The van der Waals surface area contributed by atoms with Crippen molar-refractivity contribution in [3.63, 3.8) is 0 Å². The molecule has 1 aliphatic rings. The number of thiocarbonyl (C=S) groups is 1. The lowest BCUT2D eigenvalue weighted by Crippen LogP contribution is -2.34. The van der Waals surface area contributed by atoms with Crippen LogP contribution in [0.5, 0.6) is 0 Å². The van der Waals surface area contributed by atoms with Gasteiger partial charge in [-0.25, -0.2) is 4.98 Å². The number of likely N-dealkylation sites (N-methyl/N-ethyl adjacent to an activating group) is 1. The fraction of sp³-hybridized carbons (Fsp3) is 0.538. The van der Waals surface area contributed by atoms with Gasteiger partial charge < -0.3 is 15.4 Å². The average Bonchev–Trinajstić information content (AvgIpc) is 2.79. The van der Waals surface area contributed by atoms with E-state index >= 15 is 0 Å². The van der Waals surface area contributed by atoms with Gasteiger partial charge in [0.05, 0.1) is 18.2 Å². The molecule has 0 bridgehead atoms. The highest BCUT2D eigenvalue weighted by atomic mass is 32.1. The molecule has 5 heteroatoms. The second-order valence-electron chi connectivity index (χ2n) is 4.77. The molecule has 0 saturated carbocycles. The highest BCUT2D eigenvalue weighted by molar-refractivity contribution is 7.80. The number of hydrogen-bond donors (Lipinski definition) is 1. The average molecular weight is 265 g/mol. The maximum Gasteiger partial charge on any atom is 0.139 e. The summed E-state index contributed by atoms with van der Waals surface area (Å²) in [4.78, 5) is 7.15. The van der Waals surface area contributed by atoms with Crippen LogP contribution < -0.4 is 10.6 Å². The number of hydrogen-bond acceptors (Lipinski definition) is 4. The second-order valence-corrected chi connectivity index (χ2v) is 5.21. The fourth-order valence-corrected chi connectivity index (χ4v) is 2.63. The Morgan fingerprint density at radius 1 is 1.56 bits per heavy atom. The normalized spacial score (nSPS) is 18.9. The van der Waals surface area contributed by atoms with Gasteiger partial charge in [0.25, 0.3) is 0 Å². The first kappa shape index (κ1) is 13.2. The maximum atomic E-state index is 5.84. The first-order chi connectivity index (χ1) is 8.50. The Morgan fingerprint density at radius 2 is 2.28 bits per heavy atom. The molecule has 1 aliphatic heterocycles. The van der Waals surface area contributed by atoms with E-state index in [4.69, 9.17) is 22.7 Å². The summed E-state index contributed by atoms with van der Waals surface area (Å²) in [6.45, 7) is 5.55. The number of rotatable bonds is 3. The molecule has 2 heterocycles.